The van der Waals surface area contributed by atoms with E-state index < -0.39 is 5.82 Å². The van der Waals surface area contributed by atoms with Gasteiger partial charge in [-0.1, -0.05) is 53.0 Å². The predicted molar refractivity (Wildman–Crippen MR) is 83.1 cm³/mol. The van der Waals surface area contributed by atoms with Gasteiger partial charge in [0, 0.05) is 22.6 Å². The first-order valence-corrected chi connectivity index (χ1v) is 7.23. The van der Waals surface area contributed by atoms with Crippen LogP contribution < -0.4 is 5.32 Å². The zero-order valence-electron chi connectivity index (χ0n) is 10.8. The van der Waals surface area contributed by atoms with Crippen molar-refractivity contribution in [3.05, 3.63) is 68.4 Å². The molecular weight excluding hydrogens is 320 g/mol. The lowest BCUT2D eigenvalue weighted by atomic mass is 10.1. The second-order valence-electron chi connectivity index (χ2n) is 4.48. The number of halogens is 4. The normalized spacial score (nSPS) is 12.4. The topological polar surface area (TPSA) is 12.0 Å². The third-order valence-corrected chi connectivity index (χ3v) is 4.04. The fourth-order valence-electron chi connectivity index (χ4n) is 1.91. The van der Waals surface area contributed by atoms with Crippen LogP contribution in [-0.2, 0) is 6.54 Å². The average molecular weight is 333 g/mol. The minimum atomic E-state index is -0.414. The summed E-state index contributed by atoms with van der Waals surface area (Å²) in [4.78, 5) is 0. The molecule has 106 valence electrons. The molecule has 0 heterocycles. The van der Waals surface area contributed by atoms with Crippen molar-refractivity contribution in [1.29, 1.82) is 0 Å². The van der Waals surface area contributed by atoms with E-state index in [0.29, 0.717) is 22.2 Å². The van der Waals surface area contributed by atoms with E-state index in [1.54, 1.807) is 24.3 Å². The van der Waals surface area contributed by atoms with Crippen LogP contribution in [0.5, 0.6) is 0 Å². The van der Waals surface area contributed by atoms with E-state index in [-0.39, 0.29) is 11.1 Å². The van der Waals surface area contributed by atoms with Crippen molar-refractivity contribution in [2.75, 3.05) is 0 Å². The molecule has 0 saturated heterocycles. The van der Waals surface area contributed by atoms with Gasteiger partial charge in [-0.25, -0.2) is 4.39 Å². The van der Waals surface area contributed by atoms with E-state index in [4.69, 9.17) is 34.8 Å². The van der Waals surface area contributed by atoms with Crippen LogP contribution in [0.4, 0.5) is 4.39 Å². The molecule has 0 aromatic heterocycles. The molecular formula is C15H13Cl3FN. The molecule has 0 fully saturated rings. The third kappa shape index (κ3) is 3.64. The fourth-order valence-corrected chi connectivity index (χ4v) is 2.68. The molecule has 1 N–H and O–H groups in total. The lowest BCUT2D eigenvalue weighted by molar-refractivity contribution is 0.569. The molecule has 0 amide bonds. The van der Waals surface area contributed by atoms with Gasteiger partial charge in [0.25, 0.3) is 0 Å². The Balaban J connectivity index is 2.08. The summed E-state index contributed by atoms with van der Waals surface area (Å²) in [5, 5.41) is 4.61. The van der Waals surface area contributed by atoms with Gasteiger partial charge in [-0.15, -0.1) is 0 Å². The quantitative estimate of drug-likeness (QED) is 0.764. The molecule has 2 aromatic carbocycles. The van der Waals surface area contributed by atoms with Crippen LogP contribution in [0.2, 0.25) is 15.1 Å². The Kier molecular flexibility index (Phi) is 5.28. The average Bonchev–Trinajstić information content (AvgIpc) is 2.40. The first-order chi connectivity index (χ1) is 9.49. The highest BCUT2D eigenvalue weighted by atomic mass is 35.5. The standard InChI is InChI=1S/C15H13Cl3FN/c1-9(12-6-5-11(16)7-13(12)17)20-8-10-3-2-4-14(19)15(10)18/h2-7,9,20H,8H2,1H3. The van der Waals surface area contributed by atoms with Gasteiger partial charge in [-0.3, -0.25) is 0 Å². The van der Waals surface area contributed by atoms with Crippen LogP contribution >= 0.6 is 34.8 Å². The molecule has 1 unspecified atom stereocenters. The summed E-state index contributed by atoms with van der Waals surface area (Å²) < 4.78 is 13.3. The van der Waals surface area contributed by atoms with E-state index >= 15 is 0 Å². The summed E-state index contributed by atoms with van der Waals surface area (Å²) in [6, 6.07) is 10.1. The zero-order valence-corrected chi connectivity index (χ0v) is 13.0. The van der Waals surface area contributed by atoms with Gasteiger partial charge in [-0.05, 0) is 36.2 Å². The van der Waals surface area contributed by atoms with Gasteiger partial charge in [0.2, 0.25) is 0 Å². The van der Waals surface area contributed by atoms with Crippen molar-refractivity contribution in [3.8, 4) is 0 Å². The lowest BCUT2D eigenvalue weighted by Gasteiger charge is -2.16. The van der Waals surface area contributed by atoms with Gasteiger partial charge in [-0.2, -0.15) is 0 Å². The van der Waals surface area contributed by atoms with E-state index in [1.807, 2.05) is 13.0 Å². The number of hydrogen-bond acceptors (Lipinski definition) is 1. The van der Waals surface area contributed by atoms with Crippen molar-refractivity contribution in [2.24, 2.45) is 0 Å². The van der Waals surface area contributed by atoms with E-state index in [9.17, 15) is 4.39 Å². The van der Waals surface area contributed by atoms with E-state index in [0.717, 1.165) is 5.56 Å². The second kappa shape index (κ2) is 6.77. The van der Waals surface area contributed by atoms with Crippen molar-refractivity contribution < 1.29 is 4.39 Å². The maximum absolute atomic E-state index is 13.3. The fraction of sp³-hybridized carbons (Fsp3) is 0.200. The summed E-state index contributed by atoms with van der Waals surface area (Å²) in [7, 11) is 0. The maximum atomic E-state index is 13.3. The second-order valence-corrected chi connectivity index (χ2v) is 5.70. The summed E-state index contributed by atoms with van der Waals surface area (Å²) in [5.41, 5.74) is 1.65. The van der Waals surface area contributed by atoms with E-state index in [2.05, 4.69) is 5.32 Å². The van der Waals surface area contributed by atoms with Crippen molar-refractivity contribution in [2.45, 2.75) is 19.5 Å². The Morgan fingerprint density at radius 2 is 1.90 bits per heavy atom. The lowest BCUT2D eigenvalue weighted by Crippen LogP contribution is -2.18. The smallest absolute Gasteiger partial charge is 0.142 e. The van der Waals surface area contributed by atoms with Gasteiger partial charge in [0.05, 0.1) is 5.02 Å². The van der Waals surface area contributed by atoms with Crippen LogP contribution in [0.25, 0.3) is 0 Å². The Morgan fingerprint density at radius 1 is 1.15 bits per heavy atom. The van der Waals surface area contributed by atoms with Crippen molar-refractivity contribution in [3.63, 3.8) is 0 Å². The largest absolute Gasteiger partial charge is 0.306 e. The SMILES string of the molecule is CC(NCc1cccc(F)c1Cl)c1ccc(Cl)cc1Cl. The number of rotatable bonds is 4. The molecule has 1 atom stereocenters. The zero-order chi connectivity index (χ0) is 14.7. The molecule has 20 heavy (non-hydrogen) atoms. The molecule has 0 aliphatic carbocycles. The van der Waals surface area contributed by atoms with Gasteiger partial charge >= 0.3 is 0 Å². The minimum absolute atomic E-state index is 0.000833. The van der Waals surface area contributed by atoms with Crippen LogP contribution in [0.1, 0.15) is 24.1 Å². The third-order valence-electron chi connectivity index (χ3n) is 3.06. The highest BCUT2D eigenvalue weighted by molar-refractivity contribution is 6.35. The molecule has 0 bridgehead atoms. The molecule has 0 saturated carbocycles. The van der Waals surface area contributed by atoms with Gasteiger partial charge < -0.3 is 5.32 Å². The van der Waals surface area contributed by atoms with E-state index in [1.165, 1.54) is 6.07 Å². The molecule has 0 spiro atoms. The summed E-state index contributed by atoms with van der Waals surface area (Å²) in [5.74, 6) is -0.414. The molecule has 0 aliphatic rings. The minimum Gasteiger partial charge on any atom is -0.306 e. The predicted octanol–water partition coefficient (Wildman–Crippen LogP) is 5.64. The van der Waals surface area contributed by atoms with Crippen molar-refractivity contribution in [1.82, 2.24) is 5.32 Å². The van der Waals surface area contributed by atoms with Crippen LogP contribution in [0.15, 0.2) is 36.4 Å². The first kappa shape index (κ1) is 15.6. The number of hydrogen-bond donors (Lipinski definition) is 1. The Morgan fingerprint density at radius 3 is 2.60 bits per heavy atom. The molecule has 2 rings (SSSR count). The molecule has 0 aliphatic heterocycles. The Labute approximate surface area is 132 Å². The van der Waals surface area contributed by atoms with Crippen LogP contribution in [0.3, 0.4) is 0 Å². The summed E-state index contributed by atoms with van der Waals surface area (Å²) in [6.45, 7) is 2.43. The Hall–Kier alpha value is -0.800. The molecule has 5 heteroatoms. The molecule has 2 aromatic rings. The van der Waals surface area contributed by atoms with Gasteiger partial charge in [0.15, 0.2) is 0 Å². The highest BCUT2D eigenvalue weighted by Gasteiger charge is 2.11. The Bertz CT molecular complexity index is 616. The van der Waals surface area contributed by atoms with Crippen LogP contribution in [0, 0.1) is 5.82 Å². The summed E-state index contributed by atoms with van der Waals surface area (Å²) in [6.07, 6.45) is 0. The maximum Gasteiger partial charge on any atom is 0.142 e. The summed E-state index contributed by atoms with van der Waals surface area (Å²) >= 11 is 17.9. The number of nitrogens with one attached hydrogen (secondary N) is 1. The molecule has 1 nitrogen and oxygen atoms in total. The molecule has 0 radical (unpaired) electrons. The van der Waals surface area contributed by atoms with Crippen LogP contribution in [-0.4, -0.2) is 0 Å². The monoisotopic (exact) mass is 331 g/mol. The number of benzene rings is 2. The van der Waals surface area contributed by atoms with Gasteiger partial charge in [0.1, 0.15) is 5.82 Å². The highest BCUT2D eigenvalue weighted by Crippen LogP contribution is 2.27. The van der Waals surface area contributed by atoms with Crippen molar-refractivity contribution >= 4 is 34.8 Å². The first-order valence-electron chi connectivity index (χ1n) is 6.10.